The molecule has 0 bridgehead atoms. The molecule has 0 aliphatic carbocycles. The molecule has 0 aliphatic rings. The molecule has 0 heterocycles. The first kappa shape index (κ1) is 23.2. The second-order valence-corrected chi connectivity index (χ2v) is 8.35. The molecular formula is C25H37NO3. The fraction of sp³-hybridized carbons (Fsp3) is 0.560. The van der Waals surface area contributed by atoms with Crippen molar-refractivity contribution in [2.24, 2.45) is 5.92 Å². The third-order valence-corrected chi connectivity index (χ3v) is 5.07. The van der Waals surface area contributed by atoms with Gasteiger partial charge in [-0.3, -0.25) is 4.79 Å². The number of hydrogen-bond donors (Lipinski definition) is 1. The minimum Gasteiger partial charge on any atom is -0.493 e. The summed E-state index contributed by atoms with van der Waals surface area (Å²) in [6.45, 7) is 11.6. The van der Waals surface area contributed by atoms with E-state index in [-0.39, 0.29) is 5.91 Å². The fourth-order valence-corrected chi connectivity index (χ4v) is 3.31. The third-order valence-electron chi connectivity index (χ3n) is 5.07. The van der Waals surface area contributed by atoms with Gasteiger partial charge in [-0.15, -0.1) is 0 Å². The summed E-state index contributed by atoms with van der Waals surface area (Å²) in [4.78, 5) is 13.2. The van der Waals surface area contributed by atoms with Gasteiger partial charge in [-0.2, -0.15) is 0 Å². The van der Waals surface area contributed by atoms with Gasteiger partial charge in [0.25, 0.3) is 5.91 Å². The molecule has 29 heavy (non-hydrogen) atoms. The highest BCUT2D eigenvalue weighted by Gasteiger charge is 2.34. The maximum Gasteiger partial charge on any atom is 0.256 e. The second-order valence-electron chi connectivity index (χ2n) is 8.35. The molecule has 2 rings (SSSR count). The predicted molar refractivity (Wildman–Crippen MR) is 122 cm³/mol. The zero-order valence-electron chi connectivity index (χ0n) is 18.7. The number of ether oxygens (including phenoxy) is 2. The molecule has 1 atom stereocenters. The van der Waals surface area contributed by atoms with Crippen LogP contribution in [0.2, 0.25) is 0 Å². The van der Waals surface area contributed by atoms with E-state index in [4.69, 9.17) is 9.47 Å². The first-order valence-electron chi connectivity index (χ1n) is 11.0. The minimum atomic E-state index is -0.820. The molecule has 4 heteroatoms. The molecule has 0 aliphatic heterocycles. The Labute approximate surface area is 176 Å². The first-order chi connectivity index (χ1) is 13.9. The zero-order valence-corrected chi connectivity index (χ0v) is 18.7. The summed E-state index contributed by atoms with van der Waals surface area (Å²) in [5, 5.41) is 5.12. The van der Waals surface area contributed by atoms with Crippen LogP contribution in [0.5, 0.6) is 5.75 Å². The lowest BCUT2D eigenvalue weighted by atomic mass is 9.96. The molecule has 4 nitrogen and oxygen atoms in total. The van der Waals surface area contributed by atoms with Gasteiger partial charge >= 0.3 is 0 Å². The van der Waals surface area contributed by atoms with Crippen molar-refractivity contribution in [1.29, 1.82) is 0 Å². The molecule has 1 amide bonds. The van der Waals surface area contributed by atoms with Gasteiger partial charge in [0.05, 0.1) is 6.61 Å². The Bertz CT molecular complexity index is 787. The van der Waals surface area contributed by atoms with Gasteiger partial charge in [-0.05, 0) is 37.8 Å². The van der Waals surface area contributed by atoms with Crippen molar-refractivity contribution in [3.8, 4) is 5.75 Å². The number of carbonyl (C=O) groups excluding carboxylic acids is 1. The van der Waals surface area contributed by atoms with Gasteiger partial charge in [0, 0.05) is 23.1 Å². The molecule has 0 spiro atoms. The van der Waals surface area contributed by atoms with Crippen LogP contribution < -0.4 is 10.1 Å². The maximum absolute atomic E-state index is 13.2. The predicted octanol–water partition coefficient (Wildman–Crippen LogP) is 6.58. The normalized spacial score (nSPS) is 13.4. The van der Waals surface area contributed by atoms with Crippen LogP contribution in [0.25, 0.3) is 10.8 Å². The molecule has 0 aromatic heterocycles. The van der Waals surface area contributed by atoms with Crippen LogP contribution in [0.4, 0.5) is 5.69 Å². The van der Waals surface area contributed by atoms with E-state index in [0.717, 1.165) is 54.3 Å². The van der Waals surface area contributed by atoms with Crippen LogP contribution in [0.1, 0.15) is 66.7 Å². The lowest BCUT2D eigenvalue weighted by molar-refractivity contribution is -0.140. The van der Waals surface area contributed by atoms with E-state index in [9.17, 15) is 4.79 Å². The Morgan fingerprint density at radius 3 is 2.41 bits per heavy atom. The summed E-state index contributed by atoms with van der Waals surface area (Å²) in [7, 11) is 0. The molecule has 0 saturated carbocycles. The van der Waals surface area contributed by atoms with Crippen LogP contribution in [0.15, 0.2) is 36.4 Å². The van der Waals surface area contributed by atoms with E-state index < -0.39 is 5.60 Å². The average Bonchev–Trinajstić information content (AvgIpc) is 2.71. The van der Waals surface area contributed by atoms with Crippen molar-refractivity contribution in [1.82, 2.24) is 0 Å². The molecule has 0 radical (unpaired) electrons. The number of amides is 1. The van der Waals surface area contributed by atoms with Gasteiger partial charge < -0.3 is 14.8 Å². The van der Waals surface area contributed by atoms with E-state index in [1.54, 1.807) is 0 Å². The highest BCUT2D eigenvalue weighted by molar-refractivity contribution is 6.06. The lowest BCUT2D eigenvalue weighted by Gasteiger charge is -2.29. The SMILES string of the molecule is CCCCC[C@](C)(OCCC)C(=O)Nc1ccc(OCC(C)C)c2ccccc12. The molecule has 2 aromatic carbocycles. The van der Waals surface area contributed by atoms with E-state index in [0.29, 0.717) is 19.1 Å². The van der Waals surface area contributed by atoms with Gasteiger partial charge in [0.1, 0.15) is 11.4 Å². The Morgan fingerprint density at radius 2 is 1.76 bits per heavy atom. The van der Waals surface area contributed by atoms with Crippen molar-refractivity contribution in [2.75, 3.05) is 18.5 Å². The number of unbranched alkanes of at least 4 members (excludes halogenated alkanes) is 2. The van der Waals surface area contributed by atoms with Crippen LogP contribution in [0, 0.1) is 5.92 Å². The van der Waals surface area contributed by atoms with Crippen LogP contribution in [0.3, 0.4) is 0 Å². The summed E-state index contributed by atoms with van der Waals surface area (Å²) in [6, 6.07) is 11.9. The van der Waals surface area contributed by atoms with E-state index in [1.807, 2.05) is 43.3 Å². The second kappa shape index (κ2) is 11.2. The van der Waals surface area contributed by atoms with Crippen molar-refractivity contribution >= 4 is 22.4 Å². The van der Waals surface area contributed by atoms with E-state index in [2.05, 4.69) is 33.0 Å². The van der Waals surface area contributed by atoms with Gasteiger partial charge in [0.15, 0.2) is 0 Å². The molecule has 160 valence electrons. The number of nitrogens with one attached hydrogen (secondary N) is 1. The number of rotatable bonds is 12. The first-order valence-corrected chi connectivity index (χ1v) is 11.0. The van der Waals surface area contributed by atoms with Gasteiger partial charge in [-0.1, -0.05) is 71.2 Å². The van der Waals surface area contributed by atoms with Crippen molar-refractivity contribution in [2.45, 2.75) is 72.3 Å². The Balaban J connectivity index is 2.26. The molecule has 0 fully saturated rings. The van der Waals surface area contributed by atoms with Crippen LogP contribution in [-0.2, 0) is 9.53 Å². The summed E-state index contributed by atoms with van der Waals surface area (Å²) >= 11 is 0. The summed E-state index contributed by atoms with van der Waals surface area (Å²) in [6.07, 6.45) is 4.81. The smallest absolute Gasteiger partial charge is 0.256 e. The molecule has 2 aromatic rings. The van der Waals surface area contributed by atoms with Crippen molar-refractivity contribution in [3.63, 3.8) is 0 Å². The molecule has 1 N–H and O–H groups in total. The molecule has 0 unspecified atom stereocenters. The fourth-order valence-electron chi connectivity index (χ4n) is 3.31. The number of fused-ring (bicyclic) bond motifs is 1. The Kier molecular flexibility index (Phi) is 8.97. The average molecular weight is 400 g/mol. The molecular weight excluding hydrogens is 362 g/mol. The monoisotopic (exact) mass is 399 g/mol. The third kappa shape index (κ3) is 6.46. The van der Waals surface area contributed by atoms with Gasteiger partial charge in [-0.25, -0.2) is 0 Å². The Morgan fingerprint density at radius 1 is 1.03 bits per heavy atom. The van der Waals surface area contributed by atoms with Crippen molar-refractivity contribution in [3.05, 3.63) is 36.4 Å². The van der Waals surface area contributed by atoms with Crippen molar-refractivity contribution < 1.29 is 14.3 Å². The summed E-state index contributed by atoms with van der Waals surface area (Å²) < 4.78 is 12.0. The number of carbonyl (C=O) groups is 1. The highest BCUT2D eigenvalue weighted by Crippen LogP contribution is 2.33. The quantitative estimate of drug-likeness (QED) is 0.410. The minimum absolute atomic E-state index is 0.0805. The summed E-state index contributed by atoms with van der Waals surface area (Å²) in [5.74, 6) is 1.22. The topological polar surface area (TPSA) is 47.6 Å². The maximum atomic E-state index is 13.2. The number of benzene rings is 2. The standard InChI is InChI=1S/C25H37NO3/c1-6-8-11-16-25(5,29-17-7-2)24(27)26-22-14-15-23(28-18-19(3)4)21-13-10-9-12-20(21)22/h9-10,12-15,19H,6-8,11,16-18H2,1-5H3,(H,26,27)/t25-/m0/s1. The van der Waals surface area contributed by atoms with Crippen LogP contribution in [-0.4, -0.2) is 24.7 Å². The summed E-state index contributed by atoms with van der Waals surface area (Å²) in [5.41, 5.74) is -0.0247. The lowest BCUT2D eigenvalue weighted by Crippen LogP contribution is -2.43. The van der Waals surface area contributed by atoms with E-state index in [1.165, 1.54) is 0 Å². The zero-order chi connectivity index (χ0) is 21.3. The number of hydrogen-bond acceptors (Lipinski definition) is 3. The largest absolute Gasteiger partial charge is 0.493 e. The van der Waals surface area contributed by atoms with Crippen LogP contribution >= 0.6 is 0 Å². The van der Waals surface area contributed by atoms with E-state index >= 15 is 0 Å². The highest BCUT2D eigenvalue weighted by atomic mass is 16.5. The Hall–Kier alpha value is -2.07. The molecule has 0 saturated heterocycles. The van der Waals surface area contributed by atoms with Gasteiger partial charge in [0.2, 0.25) is 0 Å². The number of anilines is 1.